The molecule has 132 valence electrons. The van der Waals surface area contributed by atoms with Gasteiger partial charge in [-0.15, -0.1) is 0 Å². The van der Waals surface area contributed by atoms with Crippen molar-refractivity contribution >= 4 is 28.6 Å². The minimum atomic E-state index is -0.0134. The molecule has 2 saturated heterocycles. The van der Waals surface area contributed by atoms with E-state index in [1.807, 2.05) is 24.3 Å². The van der Waals surface area contributed by atoms with E-state index in [1.165, 1.54) is 0 Å². The summed E-state index contributed by atoms with van der Waals surface area (Å²) in [5.74, 6) is 1.36. The Morgan fingerprint density at radius 1 is 1.16 bits per heavy atom. The van der Waals surface area contributed by atoms with Gasteiger partial charge in [-0.25, -0.2) is 9.97 Å². The molecule has 0 radical (unpaired) electrons. The summed E-state index contributed by atoms with van der Waals surface area (Å²) in [6, 6.07) is 7.79. The molecule has 1 amide bonds. The number of nitrogens with one attached hydrogen (secondary N) is 1. The van der Waals surface area contributed by atoms with Crippen LogP contribution in [0, 0.1) is 0 Å². The standard InChI is InChI=1S/C19H24N4O2/c24-17(10-9-14-6-5-13-25-14)22-18-19(23-11-3-4-12-23)21-16-8-2-1-7-15(16)20-18/h1-2,7-8,14H,3-6,9-13H2,(H,20,22,24). The van der Waals surface area contributed by atoms with Crippen LogP contribution in [0.5, 0.6) is 0 Å². The van der Waals surface area contributed by atoms with E-state index >= 15 is 0 Å². The van der Waals surface area contributed by atoms with E-state index in [2.05, 4.69) is 15.2 Å². The molecule has 1 unspecified atom stereocenters. The van der Waals surface area contributed by atoms with E-state index in [9.17, 15) is 4.79 Å². The number of aromatic nitrogens is 2. The van der Waals surface area contributed by atoms with Gasteiger partial charge in [0.25, 0.3) is 0 Å². The maximum atomic E-state index is 12.4. The number of hydrogen-bond donors (Lipinski definition) is 1. The number of nitrogens with zero attached hydrogens (tertiary/aromatic N) is 3. The monoisotopic (exact) mass is 340 g/mol. The molecule has 6 heteroatoms. The van der Waals surface area contributed by atoms with Crippen LogP contribution < -0.4 is 10.2 Å². The van der Waals surface area contributed by atoms with Crippen LogP contribution in [0.4, 0.5) is 11.6 Å². The molecule has 1 N–H and O–H groups in total. The second-order valence-electron chi connectivity index (χ2n) is 6.80. The lowest BCUT2D eigenvalue weighted by Crippen LogP contribution is -2.23. The third kappa shape index (κ3) is 3.74. The Bertz CT molecular complexity index is 752. The summed E-state index contributed by atoms with van der Waals surface area (Å²) in [6.45, 7) is 2.75. The van der Waals surface area contributed by atoms with Gasteiger partial charge in [-0.2, -0.15) is 0 Å². The van der Waals surface area contributed by atoms with Crippen molar-refractivity contribution in [3.63, 3.8) is 0 Å². The van der Waals surface area contributed by atoms with E-state index in [0.29, 0.717) is 12.2 Å². The predicted molar refractivity (Wildman–Crippen MR) is 97.8 cm³/mol. The second-order valence-corrected chi connectivity index (χ2v) is 6.80. The van der Waals surface area contributed by atoms with Crippen molar-refractivity contribution in [3.05, 3.63) is 24.3 Å². The van der Waals surface area contributed by atoms with Crippen LogP contribution in [0.1, 0.15) is 38.5 Å². The van der Waals surface area contributed by atoms with E-state index < -0.39 is 0 Å². The highest BCUT2D eigenvalue weighted by Gasteiger charge is 2.22. The highest BCUT2D eigenvalue weighted by atomic mass is 16.5. The largest absolute Gasteiger partial charge is 0.378 e. The Hall–Kier alpha value is -2.21. The average molecular weight is 340 g/mol. The maximum absolute atomic E-state index is 12.4. The van der Waals surface area contributed by atoms with Gasteiger partial charge in [-0.05, 0) is 44.2 Å². The average Bonchev–Trinajstić information content (AvgIpc) is 3.33. The number of fused-ring (bicyclic) bond motifs is 1. The van der Waals surface area contributed by atoms with Crippen LogP contribution in [-0.2, 0) is 9.53 Å². The van der Waals surface area contributed by atoms with Crippen molar-refractivity contribution < 1.29 is 9.53 Å². The molecule has 6 nitrogen and oxygen atoms in total. The van der Waals surface area contributed by atoms with Crippen molar-refractivity contribution in [2.45, 2.75) is 44.6 Å². The molecule has 1 atom stereocenters. The fraction of sp³-hybridized carbons (Fsp3) is 0.526. The van der Waals surface area contributed by atoms with Crippen LogP contribution in [0.3, 0.4) is 0 Å². The van der Waals surface area contributed by atoms with Gasteiger partial charge >= 0.3 is 0 Å². The topological polar surface area (TPSA) is 67.3 Å². The first-order valence-electron chi connectivity index (χ1n) is 9.23. The summed E-state index contributed by atoms with van der Waals surface area (Å²) >= 11 is 0. The van der Waals surface area contributed by atoms with Crippen molar-refractivity contribution in [2.24, 2.45) is 0 Å². The minimum absolute atomic E-state index is 0.0134. The summed E-state index contributed by atoms with van der Waals surface area (Å²) in [4.78, 5) is 24.1. The molecular weight excluding hydrogens is 316 g/mol. The molecule has 0 bridgehead atoms. The molecule has 0 saturated carbocycles. The van der Waals surface area contributed by atoms with Gasteiger partial charge in [0.15, 0.2) is 11.6 Å². The fourth-order valence-corrected chi connectivity index (χ4v) is 3.58. The third-order valence-electron chi connectivity index (χ3n) is 4.93. The number of carbonyl (C=O) groups is 1. The summed E-state index contributed by atoms with van der Waals surface area (Å²) in [6.07, 6.45) is 5.92. The van der Waals surface area contributed by atoms with Gasteiger partial charge in [0.1, 0.15) is 0 Å². The molecule has 1 aromatic heterocycles. The van der Waals surface area contributed by atoms with E-state index in [0.717, 1.165) is 68.7 Å². The quantitative estimate of drug-likeness (QED) is 0.906. The number of benzene rings is 1. The Morgan fingerprint density at radius 2 is 1.92 bits per heavy atom. The van der Waals surface area contributed by atoms with Gasteiger partial charge in [-0.1, -0.05) is 12.1 Å². The smallest absolute Gasteiger partial charge is 0.225 e. The molecule has 4 rings (SSSR count). The first-order valence-corrected chi connectivity index (χ1v) is 9.23. The van der Waals surface area contributed by atoms with E-state index in [-0.39, 0.29) is 12.0 Å². The predicted octanol–water partition coefficient (Wildman–Crippen LogP) is 3.13. The maximum Gasteiger partial charge on any atom is 0.225 e. The minimum Gasteiger partial charge on any atom is -0.378 e. The van der Waals surface area contributed by atoms with E-state index in [4.69, 9.17) is 9.72 Å². The van der Waals surface area contributed by atoms with E-state index in [1.54, 1.807) is 0 Å². The highest BCUT2D eigenvalue weighted by Crippen LogP contribution is 2.28. The zero-order chi connectivity index (χ0) is 17.1. The molecule has 0 spiro atoms. The number of anilines is 2. The van der Waals surface area contributed by atoms with Crippen LogP contribution in [-0.4, -0.2) is 41.7 Å². The third-order valence-corrected chi connectivity index (χ3v) is 4.93. The molecule has 0 aliphatic carbocycles. The molecular formula is C19H24N4O2. The Labute approximate surface area is 147 Å². The number of ether oxygens (including phenoxy) is 1. The van der Waals surface area contributed by atoms with Crippen molar-refractivity contribution in [3.8, 4) is 0 Å². The Balaban J connectivity index is 1.53. The molecule has 25 heavy (non-hydrogen) atoms. The van der Waals surface area contributed by atoms with Gasteiger partial charge in [-0.3, -0.25) is 4.79 Å². The van der Waals surface area contributed by atoms with Crippen LogP contribution in [0.15, 0.2) is 24.3 Å². The molecule has 2 fully saturated rings. The number of hydrogen-bond acceptors (Lipinski definition) is 5. The fourth-order valence-electron chi connectivity index (χ4n) is 3.58. The molecule has 1 aromatic carbocycles. The lowest BCUT2D eigenvalue weighted by molar-refractivity contribution is -0.116. The highest BCUT2D eigenvalue weighted by molar-refractivity contribution is 5.94. The van der Waals surface area contributed by atoms with Crippen molar-refractivity contribution in [2.75, 3.05) is 29.9 Å². The molecule has 3 heterocycles. The summed E-state index contributed by atoms with van der Waals surface area (Å²) in [5, 5.41) is 2.99. The zero-order valence-corrected chi connectivity index (χ0v) is 14.4. The number of para-hydroxylation sites is 2. The summed E-state index contributed by atoms with van der Waals surface area (Å²) in [5.41, 5.74) is 1.67. The number of amides is 1. The lowest BCUT2D eigenvalue weighted by Gasteiger charge is -2.20. The Kier molecular flexibility index (Phi) is 4.78. The Morgan fingerprint density at radius 3 is 2.64 bits per heavy atom. The van der Waals surface area contributed by atoms with Crippen LogP contribution >= 0.6 is 0 Å². The number of carbonyl (C=O) groups excluding carboxylic acids is 1. The van der Waals surface area contributed by atoms with Crippen molar-refractivity contribution in [1.82, 2.24) is 9.97 Å². The van der Waals surface area contributed by atoms with Gasteiger partial charge in [0.05, 0.1) is 17.1 Å². The van der Waals surface area contributed by atoms with Gasteiger partial charge in [0, 0.05) is 26.1 Å². The molecule has 2 aromatic rings. The first kappa shape index (κ1) is 16.3. The second kappa shape index (κ2) is 7.35. The lowest BCUT2D eigenvalue weighted by atomic mass is 10.1. The van der Waals surface area contributed by atoms with Crippen LogP contribution in [0.2, 0.25) is 0 Å². The number of rotatable bonds is 5. The summed E-state index contributed by atoms with van der Waals surface area (Å²) < 4.78 is 5.60. The van der Waals surface area contributed by atoms with Crippen LogP contribution in [0.25, 0.3) is 11.0 Å². The van der Waals surface area contributed by atoms with Gasteiger partial charge < -0.3 is 15.0 Å². The molecule has 2 aliphatic rings. The van der Waals surface area contributed by atoms with Crippen molar-refractivity contribution in [1.29, 1.82) is 0 Å². The zero-order valence-electron chi connectivity index (χ0n) is 14.4. The SMILES string of the molecule is O=C(CCC1CCCO1)Nc1nc2ccccc2nc1N1CCCC1. The molecule has 2 aliphatic heterocycles. The first-order chi connectivity index (χ1) is 12.3. The normalized spacial score (nSPS) is 20.3. The van der Waals surface area contributed by atoms with Gasteiger partial charge in [0.2, 0.25) is 5.91 Å². The summed E-state index contributed by atoms with van der Waals surface area (Å²) in [7, 11) is 0.